The van der Waals surface area contributed by atoms with Gasteiger partial charge < -0.3 is 39.4 Å². The largest absolute Gasteiger partial charge is 0.397 e. The van der Waals surface area contributed by atoms with Gasteiger partial charge in [-0.2, -0.15) is 8.42 Å². The zero-order chi connectivity index (χ0) is 22.6. The summed E-state index contributed by atoms with van der Waals surface area (Å²) in [5.41, 5.74) is 0. The third kappa shape index (κ3) is 6.02. The molecule has 0 aromatic heterocycles. The fraction of sp³-hybridized carbons (Fsp3) is 1.00. The van der Waals surface area contributed by atoms with Gasteiger partial charge in [0.05, 0.1) is 6.61 Å². The van der Waals surface area contributed by atoms with Crippen molar-refractivity contribution in [2.45, 2.75) is 62.2 Å². The van der Waals surface area contributed by atoms with Crippen LogP contribution in [0, 0.1) is 5.92 Å². The van der Waals surface area contributed by atoms with Crippen LogP contribution in [-0.4, -0.2) is 114 Å². The molecule has 2 saturated heterocycles. The summed E-state index contributed by atoms with van der Waals surface area (Å²) in [7, 11) is -3.71. The molecular formula is C14H26O15S. The Hall–Kier alpha value is -0.570. The Bertz CT molecular complexity index is 629. The minimum atomic E-state index is -4.92. The average Bonchev–Trinajstić information content (AvgIpc) is 2.69. The second-order valence-corrected chi connectivity index (χ2v) is 7.83. The van der Waals surface area contributed by atoms with Crippen LogP contribution in [0.3, 0.4) is 0 Å². The first-order chi connectivity index (χ1) is 14.0. The van der Waals surface area contributed by atoms with Crippen LogP contribution < -0.4 is 0 Å². The molecule has 16 heteroatoms. The minimum Gasteiger partial charge on any atom is -0.394 e. The SMILES string of the molecule is CO[C@@H]1OC(COOO)[C@H](O[C@@H]2OC(CO)[C@H](OS(=O)(=O)O)C(C)C2O)[C@H](O)C1O. The number of aliphatic hydroxyl groups is 4. The van der Waals surface area contributed by atoms with Gasteiger partial charge in [-0.1, -0.05) is 12.0 Å². The third-order valence-electron chi connectivity index (χ3n) is 4.87. The van der Waals surface area contributed by atoms with Gasteiger partial charge in [-0.05, 0) is 0 Å². The molecule has 0 aromatic carbocycles. The van der Waals surface area contributed by atoms with Crippen molar-refractivity contribution in [3.63, 3.8) is 0 Å². The van der Waals surface area contributed by atoms with E-state index in [2.05, 4.69) is 14.1 Å². The second kappa shape index (κ2) is 10.8. The van der Waals surface area contributed by atoms with Gasteiger partial charge in [-0.15, -0.1) is 0 Å². The molecule has 2 fully saturated rings. The maximum absolute atomic E-state index is 11.0. The average molecular weight is 466 g/mol. The van der Waals surface area contributed by atoms with Crippen molar-refractivity contribution in [1.29, 1.82) is 0 Å². The molecule has 0 bridgehead atoms. The summed E-state index contributed by atoms with van der Waals surface area (Å²) < 4.78 is 56.6. The molecule has 30 heavy (non-hydrogen) atoms. The zero-order valence-electron chi connectivity index (χ0n) is 16.0. The third-order valence-corrected chi connectivity index (χ3v) is 5.34. The van der Waals surface area contributed by atoms with Crippen LogP contribution in [0.15, 0.2) is 0 Å². The van der Waals surface area contributed by atoms with E-state index in [1.54, 1.807) is 0 Å². The van der Waals surface area contributed by atoms with Crippen LogP contribution in [-0.2, 0) is 43.5 Å². The van der Waals surface area contributed by atoms with Crippen LogP contribution in [0.2, 0.25) is 0 Å². The summed E-state index contributed by atoms with van der Waals surface area (Å²) in [6, 6.07) is 0. The summed E-state index contributed by atoms with van der Waals surface area (Å²) in [5, 5.41) is 52.4. The van der Waals surface area contributed by atoms with E-state index >= 15 is 0 Å². The number of rotatable bonds is 9. The minimum absolute atomic E-state index is 0.499. The number of methoxy groups -OCH3 is 1. The Morgan fingerprint density at radius 1 is 0.967 bits per heavy atom. The zero-order valence-corrected chi connectivity index (χ0v) is 16.8. The molecule has 2 aliphatic heterocycles. The Kier molecular flexibility index (Phi) is 9.28. The second-order valence-electron chi connectivity index (χ2n) is 6.78. The molecule has 2 rings (SSSR count). The van der Waals surface area contributed by atoms with E-state index in [9.17, 15) is 28.8 Å². The molecule has 0 aromatic rings. The van der Waals surface area contributed by atoms with Gasteiger partial charge in [0.2, 0.25) is 0 Å². The molecule has 0 radical (unpaired) electrons. The predicted molar refractivity (Wildman–Crippen MR) is 89.6 cm³/mol. The van der Waals surface area contributed by atoms with E-state index in [1.165, 1.54) is 14.0 Å². The fourth-order valence-corrected chi connectivity index (χ4v) is 3.90. The van der Waals surface area contributed by atoms with E-state index < -0.39 is 84.8 Å². The molecule has 10 atom stereocenters. The molecule has 2 aliphatic rings. The quantitative estimate of drug-likeness (QED) is 0.112. The molecule has 5 unspecified atom stereocenters. The van der Waals surface area contributed by atoms with Gasteiger partial charge in [0.1, 0.15) is 49.3 Å². The Morgan fingerprint density at radius 3 is 2.13 bits per heavy atom. The molecule has 2 heterocycles. The lowest BCUT2D eigenvalue weighted by Crippen LogP contribution is -2.63. The van der Waals surface area contributed by atoms with Gasteiger partial charge in [0.15, 0.2) is 12.6 Å². The van der Waals surface area contributed by atoms with Gasteiger partial charge in [-0.3, -0.25) is 4.55 Å². The van der Waals surface area contributed by atoms with Gasteiger partial charge >= 0.3 is 10.4 Å². The van der Waals surface area contributed by atoms with E-state index in [-0.39, 0.29) is 0 Å². The number of ether oxygens (including phenoxy) is 4. The monoisotopic (exact) mass is 466 g/mol. The lowest BCUT2D eigenvalue weighted by molar-refractivity contribution is -0.499. The summed E-state index contributed by atoms with van der Waals surface area (Å²) in [5.74, 6) is -1.03. The number of hydrogen-bond acceptors (Lipinski definition) is 14. The summed E-state index contributed by atoms with van der Waals surface area (Å²) in [6.07, 6.45) is -13.0. The topological polar surface area (TPSA) is 220 Å². The van der Waals surface area contributed by atoms with E-state index in [0.717, 1.165) is 0 Å². The molecular weight excluding hydrogens is 440 g/mol. The molecule has 0 saturated carbocycles. The Labute approximate surface area is 171 Å². The molecule has 15 nitrogen and oxygen atoms in total. The molecule has 0 spiro atoms. The van der Waals surface area contributed by atoms with E-state index in [1.807, 2.05) is 0 Å². The fourth-order valence-electron chi connectivity index (χ4n) is 3.32. The van der Waals surface area contributed by atoms with Crippen LogP contribution in [0.1, 0.15) is 6.92 Å². The highest BCUT2D eigenvalue weighted by Gasteiger charge is 2.51. The first kappa shape index (κ1) is 25.7. The van der Waals surface area contributed by atoms with Gasteiger partial charge in [-0.25, -0.2) is 14.3 Å². The first-order valence-electron chi connectivity index (χ1n) is 8.77. The molecule has 6 N–H and O–H groups in total. The van der Waals surface area contributed by atoms with Crippen LogP contribution in [0.4, 0.5) is 0 Å². The van der Waals surface area contributed by atoms with Crippen molar-refractivity contribution < 1.29 is 71.7 Å². The number of hydrogen-bond donors (Lipinski definition) is 6. The van der Waals surface area contributed by atoms with Crippen molar-refractivity contribution in [1.82, 2.24) is 0 Å². The van der Waals surface area contributed by atoms with Crippen molar-refractivity contribution >= 4 is 10.4 Å². The maximum atomic E-state index is 11.0. The molecule has 178 valence electrons. The lowest BCUT2D eigenvalue weighted by atomic mass is 9.90. The van der Waals surface area contributed by atoms with Gasteiger partial charge in [0.25, 0.3) is 0 Å². The Balaban J connectivity index is 2.19. The maximum Gasteiger partial charge on any atom is 0.397 e. The van der Waals surface area contributed by atoms with Crippen molar-refractivity contribution in [2.24, 2.45) is 5.92 Å². The van der Waals surface area contributed by atoms with Crippen LogP contribution in [0.25, 0.3) is 0 Å². The van der Waals surface area contributed by atoms with Crippen molar-refractivity contribution in [3.05, 3.63) is 0 Å². The first-order valence-corrected chi connectivity index (χ1v) is 10.1. The summed E-state index contributed by atoms with van der Waals surface area (Å²) in [4.78, 5) is 4.38. The standard InChI is InChI=1S/C14H26O15S/c1-5-8(16)14(25-6(3-15)11(5)28-30(20,21)22)27-12-7(4-24-29-19)26-13(23-2)10(18)9(12)17/h5-19H,3-4H2,1-2H3,(H,20,21,22)/t5?,6?,7?,8?,9-,10?,11-,12+,13-,14+/m1/s1. The smallest absolute Gasteiger partial charge is 0.394 e. The molecule has 0 amide bonds. The highest BCUT2D eigenvalue weighted by molar-refractivity contribution is 7.80. The van der Waals surface area contributed by atoms with Crippen LogP contribution in [0.5, 0.6) is 0 Å². The highest BCUT2D eigenvalue weighted by atomic mass is 32.3. The lowest BCUT2D eigenvalue weighted by Gasteiger charge is -2.46. The number of aliphatic hydroxyl groups excluding tert-OH is 4. The van der Waals surface area contributed by atoms with Crippen molar-refractivity contribution in [2.75, 3.05) is 20.3 Å². The van der Waals surface area contributed by atoms with E-state index in [4.69, 9.17) is 28.8 Å². The molecule has 0 aliphatic carbocycles. The van der Waals surface area contributed by atoms with Crippen molar-refractivity contribution in [3.8, 4) is 0 Å². The van der Waals surface area contributed by atoms with E-state index in [0.29, 0.717) is 0 Å². The highest BCUT2D eigenvalue weighted by Crippen LogP contribution is 2.33. The van der Waals surface area contributed by atoms with Gasteiger partial charge in [0, 0.05) is 13.0 Å². The predicted octanol–water partition coefficient (Wildman–Crippen LogP) is -3.21. The normalized spacial score (nSPS) is 42.9. The summed E-state index contributed by atoms with van der Waals surface area (Å²) in [6.45, 7) is 0.0903. The Morgan fingerprint density at radius 2 is 1.60 bits per heavy atom. The van der Waals surface area contributed by atoms with Crippen LogP contribution >= 0.6 is 0 Å². The summed E-state index contributed by atoms with van der Waals surface area (Å²) >= 11 is 0.